The molecule has 7 heteroatoms. The largest absolute Gasteiger partial charge is 0.366 e. The smallest absolute Gasteiger partial charge is 0.248 e. The van der Waals surface area contributed by atoms with E-state index in [-0.39, 0.29) is 5.91 Å². The Balaban J connectivity index is 1.35. The number of nitrogens with zero attached hydrogens (tertiary/aromatic N) is 3. The van der Waals surface area contributed by atoms with E-state index in [1.807, 2.05) is 45.3 Å². The van der Waals surface area contributed by atoms with E-state index in [9.17, 15) is 9.59 Å². The first-order valence-electron chi connectivity index (χ1n) is 8.66. The molecule has 3 heterocycles. The van der Waals surface area contributed by atoms with Gasteiger partial charge in [0.25, 0.3) is 0 Å². The molecule has 134 valence electrons. The lowest BCUT2D eigenvalue weighted by molar-refractivity contribution is -0.129. The fourth-order valence-corrected chi connectivity index (χ4v) is 4.26. The molecule has 1 aromatic carbocycles. The van der Waals surface area contributed by atoms with Crippen LogP contribution in [0, 0.1) is 5.92 Å². The van der Waals surface area contributed by atoms with Crippen molar-refractivity contribution in [1.29, 1.82) is 0 Å². The number of carbonyl (C=O) groups is 2. The molecule has 2 N–H and O–H groups in total. The predicted octanol–water partition coefficient (Wildman–Crippen LogP) is 2.13. The number of imidazole rings is 1. The minimum absolute atomic E-state index is 0.129. The van der Waals surface area contributed by atoms with Crippen molar-refractivity contribution in [3.05, 3.63) is 58.9 Å². The van der Waals surface area contributed by atoms with Gasteiger partial charge >= 0.3 is 0 Å². The number of thiazole rings is 1. The Morgan fingerprint density at radius 1 is 1.35 bits per heavy atom. The van der Waals surface area contributed by atoms with E-state index in [1.165, 1.54) is 0 Å². The zero-order chi connectivity index (χ0) is 18.1. The molecule has 0 radical (unpaired) electrons. The number of hydrogen-bond donors (Lipinski definition) is 1. The van der Waals surface area contributed by atoms with Gasteiger partial charge in [-0.25, -0.2) is 4.98 Å². The van der Waals surface area contributed by atoms with Gasteiger partial charge in [0.1, 0.15) is 0 Å². The third kappa shape index (κ3) is 3.48. The molecule has 1 aliphatic heterocycles. The monoisotopic (exact) mass is 368 g/mol. The van der Waals surface area contributed by atoms with Crippen molar-refractivity contribution >= 4 is 28.1 Å². The summed E-state index contributed by atoms with van der Waals surface area (Å²) in [5, 5.41) is 1.98. The quantitative estimate of drug-likeness (QED) is 0.749. The Labute approximate surface area is 155 Å². The number of likely N-dealkylation sites (tertiary alicyclic amines) is 1. The molecule has 2 aromatic heterocycles. The molecule has 1 saturated heterocycles. The van der Waals surface area contributed by atoms with Crippen LogP contribution < -0.4 is 5.73 Å². The molecule has 0 aliphatic carbocycles. The second-order valence-corrected chi connectivity index (χ2v) is 7.64. The van der Waals surface area contributed by atoms with Crippen LogP contribution in [0.3, 0.4) is 0 Å². The van der Waals surface area contributed by atoms with E-state index in [4.69, 9.17) is 5.73 Å². The summed E-state index contributed by atoms with van der Waals surface area (Å²) in [4.78, 5) is 31.2. The summed E-state index contributed by atoms with van der Waals surface area (Å²) in [7, 11) is 0. The van der Waals surface area contributed by atoms with Gasteiger partial charge in [0.05, 0.1) is 12.1 Å². The summed E-state index contributed by atoms with van der Waals surface area (Å²) in [6.07, 6.45) is 6.05. The van der Waals surface area contributed by atoms with Crippen LogP contribution in [0.5, 0.6) is 0 Å². The standard InChI is InChI=1S/C19H20N4O2S/c20-18(25)15-3-1-2-13(9-15)8-14-4-5-22(11-14)17(24)10-16-12-23-6-7-26-19(23)21-16/h1-3,6-7,9,12,14H,4-5,8,10-11H2,(H2,20,25)/t14-/m0/s1. The highest BCUT2D eigenvalue weighted by Gasteiger charge is 2.27. The third-order valence-corrected chi connectivity index (χ3v) is 5.62. The molecular weight excluding hydrogens is 348 g/mol. The van der Waals surface area contributed by atoms with Crippen LogP contribution >= 0.6 is 11.3 Å². The number of carbonyl (C=O) groups excluding carboxylic acids is 2. The van der Waals surface area contributed by atoms with Gasteiger partial charge in [0.15, 0.2) is 4.96 Å². The second-order valence-electron chi connectivity index (χ2n) is 6.77. The lowest BCUT2D eigenvalue weighted by atomic mass is 9.97. The SMILES string of the molecule is NC(=O)c1cccc(C[C@@H]2CCN(C(=O)Cc3cn4ccsc4n3)C2)c1. The Kier molecular flexibility index (Phi) is 4.46. The topological polar surface area (TPSA) is 80.7 Å². The van der Waals surface area contributed by atoms with Gasteiger partial charge in [-0.1, -0.05) is 12.1 Å². The number of hydrogen-bond acceptors (Lipinski definition) is 4. The Morgan fingerprint density at radius 3 is 3.04 bits per heavy atom. The highest BCUT2D eigenvalue weighted by Crippen LogP contribution is 2.22. The summed E-state index contributed by atoms with van der Waals surface area (Å²) in [6, 6.07) is 7.45. The molecule has 0 bridgehead atoms. The van der Waals surface area contributed by atoms with Crippen LogP contribution in [-0.4, -0.2) is 39.2 Å². The van der Waals surface area contributed by atoms with Gasteiger partial charge in [-0.3, -0.25) is 14.0 Å². The molecule has 0 saturated carbocycles. The van der Waals surface area contributed by atoms with Crippen molar-refractivity contribution in [2.45, 2.75) is 19.3 Å². The summed E-state index contributed by atoms with van der Waals surface area (Å²) < 4.78 is 1.95. The van der Waals surface area contributed by atoms with Gasteiger partial charge in [0, 0.05) is 36.4 Å². The van der Waals surface area contributed by atoms with Crippen molar-refractivity contribution in [3.63, 3.8) is 0 Å². The maximum absolute atomic E-state index is 12.6. The average Bonchev–Trinajstić information content (AvgIpc) is 3.31. The van der Waals surface area contributed by atoms with Crippen LogP contribution in [-0.2, 0) is 17.6 Å². The molecule has 4 rings (SSSR count). The van der Waals surface area contributed by atoms with Gasteiger partial charge in [0.2, 0.25) is 11.8 Å². The van der Waals surface area contributed by atoms with E-state index in [1.54, 1.807) is 17.4 Å². The molecule has 3 aromatic rings. The van der Waals surface area contributed by atoms with E-state index >= 15 is 0 Å². The lowest BCUT2D eigenvalue weighted by Crippen LogP contribution is -2.30. The maximum atomic E-state index is 12.6. The van der Waals surface area contributed by atoms with Gasteiger partial charge in [-0.2, -0.15) is 0 Å². The minimum Gasteiger partial charge on any atom is -0.366 e. The summed E-state index contributed by atoms with van der Waals surface area (Å²) in [6.45, 7) is 1.53. The molecule has 2 amide bonds. The predicted molar refractivity (Wildman–Crippen MR) is 100 cm³/mol. The number of amides is 2. The number of primary amides is 1. The Morgan fingerprint density at radius 2 is 2.23 bits per heavy atom. The van der Waals surface area contributed by atoms with Gasteiger partial charge < -0.3 is 10.6 Å². The third-order valence-electron chi connectivity index (χ3n) is 4.85. The zero-order valence-corrected chi connectivity index (χ0v) is 15.1. The van der Waals surface area contributed by atoms with E-state index in [0.717, 1.165) is 42.1 Å². The van der Waals surface area contributed by atoms with Gasteiger partial charge in [-0.05, 0) is 36.5 Å². The second kappa shape index (κ2) is 6.92. The first-order valence-corrected chi connectivity index (χ1v) is 9.54. The van der Waals surface area contributed by atoms with Crippen LogP contribution in [0.4, 0.5) is 0 Å². The van der Waals surface area contributed by atoms with E-state index < -0.39 is 5.91 Å². The molecule has 0 unspecified atom stereocenters. The average molecular weight is 368 g/mol. The number of rotatable bonds is 5. The molecule has 1 aliphatic rings. The molecule has 0 spiro atoms. The van der Waals surface area contributed by atoms with E-state index in [0.29, 0.717) is 17.9 Å². The normalized spacial score (nSPS) is 17.1. The minimum atomic E-state index is -0.407. The first-order chi connectivity index (χ1) is 12.6. The van der Waals surface area contributed by atoms with Crippen LogP contribution in [0.25, 0.3) is 4.96 Å². The van der Waals surface area contributed by atoms with Crippen molar-refractivity contribution in [2.24, 2.45) is 11.7 Å². The molecule has 26 heavy (non-hydrogen) atoms. The highest BCUT2D eigenvalue weighted by molar-refractivity contribution is 7.15. The number of fused-ring (bicyclic) bond motifs is 1. The Hall–Kier alpha value is -2.67. The van der Waals surface area contributed by atoms with Crippen LogP contribution in [0.15, 0.2) is 42.0 Å². The maximum Gasteiger partial charge on any atom is 0.248 e. The highest BCUT2D eigenvalue weighted by atomic mass is 32.1. The van der Waals surface area contributed by atoms with Crippen molar-refractivity contribution in [2.75, 3.05) is 13.1 Å². The Bertz CT molecular complexity index is 933. The summed E-state index contributed by atoms with van der Waals surface area (Å²) in [5.74, 6) is 0.131. The van der Waals surface area contributed by atoms with E-state index in [2.05, 4.69) is 4.98 Å². The number of aromatic nitrogens is 2. The summed E-state index contributed by atoms with van der Waals surface area (Å²) in [5.41, 5.74) is 7.79. The summed E-state index contributed by atoms with van der Waals surface area (Å²) >= 11 is 1.57. The first kappa shape index (κ1) is 16.8. The molecular formula is C19H20N4O2S. The molecule has 6 nitrogen and oxygen atoms in total. The zero-order valence-electron chi connectivity index (χ0n) is 14.3. The number of benzene rings is 1. The van der Waals surface area contributed by atoms with Crippen LogP contribution in [0.1, 0.15) is 28.0 Å². The van der Waals surface area contributed by atoms with Gasteiger partial charge in [-0.15, -0.1) is 11.3 Å². The fraction of sp³-hybridized carbons (Fsp3) is 0.316. The molecule has 1 atom stereocenters. The van der Waals surface area contributed by atoms with Crippen molar-refractivity contribution < 1.29 is 9.59 Å². The molecule has 1 fully saturated rings. The van der Waals surface area contributed by atoms with Crippen LogP contribution in [0.2, 0.25) is 0 Å². The lowest BCUT2D eigenvalue weighted by Gasteiger charge is -2.16. The van der Waals surface area contributed by atoms with Crippen molar-refractivity contribution in [1.82, 2.24) is 14.3 Å². The van der Waals surface area contributed by atoms with Crippen molar-refractivity contribution in [3.8, 4) is 0 Å². The number of nitrogens with two attached hydrogens (primary N) is 1. The fourth-order valence-electron chi connectivity index (χ4n) is 3.54.